The zero-order valence-electron chi connectivity index (χ0n) is 16.6. The lowest BCUT2D eigenvalue weighted by molar-refractivity contribution is -0.121. The molecule has 1 fully saturated rings. The number of nitrogens with one attached hydrogen (secondary N) is 1. The van der Waals surface area contributed by atoms with Crippen LogP contribution >= 0.6 is 22.9 Å². The molecule has 0 spiro atoms. The lowest BCUT2D eigenvalue weighted by Gasteiger charge is -2.34. The van der Waals surface area contributed by atoms with Gasteiger partial charge >= 0.3 is 0 Å². The fourth-order valence-electron chi connectivity index (χ4n) is 3.55. The van der Waals surface area contributed by atoms with Gasteiger partial charge in [0.2, 0.25) is 5.91 Å². The minimum Gasteiger partial charge on any atom is -0.352 e. The van der Waals surface area contributed by atoms with Crippen molar-refractivity contribution in [1.82, 2.24) is 24.5 Å². The number of benzene rings is 1. The maximum atomic E-state index is 12.2. The molecule has 3 aromatic rings. The van der Waals surface area contributed by atoms with Gasteiger partial charge in [-0.2, -0.15) is 0 Å². The minimum atomic E-state index is -0.0299. The van der Waals surface area contributed by atoms with Crippen LogP contribution in [0.3, 0.4) is 0 Å². The average Bonchev–Trinajstić information content (AvgIpc) is 3.22. The smallest absolute Gasteiger partial charge is 0.258 e. The van der Waals surface area contributed by atoms with E-state index < -0.39 is 0 Å². The van der Waals surface area contributed by atoms with Crippen molar-refractivity contribution >= 4 is 33.8 Å². The summed E-state index contributed by atoms with van der Waals surface area (Å²) in [6, 6.07) is 9.16. The molecule has 0 unspecified atom stereocenters. The number of amides is 1. The number of fused-ring (bicyclic) bond motifs is 1. The van der Waals surface area contributed by atoms with Crippen LogP contribution in [0.1, 0.15) is 17.7 Å². The zero-order valence-corrected chi connectivity index (χ0v) is 18.2. The number of halogens is 1. The van der Waals surface area contributed by atoms with Crippen molar-refractivity contribution in [1.29, 1.82) is 0 Å². The maximum Gasteiger partial charge on any atom is 0.258 e. The predicted octanol–water partition coefficient (Wildman–Crippen LogP) is 2.23. The van der Waals surface area contributed by atoms with Crippen LogP contribution in [0.25, 0.3) is 4.96 Å². The molecule has 1 aromatic carbocycles. The summed E-state index contributed by atoms with van der Waals surface area (Å²) in [5, 5.41) is 5.48. The number of carbonyl (C=O) groups is 1. The summed E-state index contributed by atoms with van der Waals surface area (Å²) in [5.41, 5.74) is 1.71. The molecular weight excluding hydrogens is 422 g/mol. The van der Waals surface area contributed by atoms with E-state index in [1.807, 2.05) is 29.6 Å². The first-order valence-electron chi connectivity index (χ1n) is 9.99. The maximum absolute atomic E-state index is 12.2. The van der Waals surface area contributed by atoms with E-state index in [4.69, 9.17) is 11.6 Å². The second-order valence-corrected chi connectivity index (χ2v) is 8.66. The fraction of sp³-hybridized carbons (Fsp3) is 0.381. The first-order valence-corrected chi connectivity index (χ1v) is 11.2. The highest BCUT2D eigenvalue weighted by Gasteiger charge is 2.18. The summed E-state index contributed by atoms with van der Waals surface area (Å²) in [6.07, 6.45) is 2.22. The Kier molecular flexibility index (Phi) is 6.79. The van der Waals surface area contributed by atoms with Crippen molar-refractivity contribution in [2.24, 2.45) is 0 Å². The third-order valence-corrected chi connectivity index (χ3v) is 6.42. The standard InChI is InChI=1S/C21H24ClN5O2S/c22-18-4-2-1-3-16(18)14-23-19(28)5-6-25-7-9-26(10-8-25)15-17-13-20(29)27-11-12-30-21(27)24-17/h1-4,11-13H,5-10,14-15H2,(H,23,28). The highest BCUT2D eigenvalue weighted by Crippen LogP contribution is 2.14. The lowest BCUT2D eigenvalue weighted by Crippen LogP contribution is -2.46. The van der Waals surface area contributed by atoms with E-state index in [-0.39, 0.29) is 11.5 Å². The highest BCUT2D eigenvalue weighted by molar-refractivity contribution is 7.15. The summed E-state index contributed by atoms with van der Waals surface area (Å²) in [5.74, 6) is 0.0336. The second kappa shape index (κ2) is 9.70. The SMILES string of the molecule is O=C(CCN1CCN(Cc2cc(=O)n3ccsc3n2)CC1)NCc1ccccc1Cl. The Bertz CT molecular complexity index is 1070. The van der Waals surface area contributed by atoms with Gasteiger partial charge in [0, 0.05) is 74.9 Å². The zero-order chi connectivity index (χ0) is 20.9. The number of thiazole rings is 1. The molecule has 0 bridgehead atoms. The second-order valence-electron chi connectivity index (χ2n) is 7.38. The Labute approximate surface area is 183 Å². The van der Waals surface area contributed by atoms with Crippen LogP contribution in [0.4, 0.5) is 0 Å². The van der Waals surface area contributed by atoms with Crippen LogP contribution in [-0.4, -0.2) is 57.8 Å². The first-order chi connectivity index (χ1) is 14.6. The predicted molar refractivity (Wildman–Crippen MR) is 119 cm³/mol. The molecule has 0 aliphatic carbocycles. The van der Waals surface area contributed by atoms with Gasteiger partial charge in [-0.3, -0.25) is 18.9 Å². The molecule has 9 heteroatoms. The van der Waals surface area contributed by atoms with Crippen molar-refractivity contribution in [3.05, 3.63) is 68.5 Å². The van der Waals surface area contributed by atoms with Gasteiger partial charge in [0.1, 0.15) is 0 Å². The van der Waals surface area contributed by atoms with E-state index >= 15 is 0 Å². The number of aromatic nitrogens is 2. The van der Waals surface area contributed by atoms with Gasteiger partial charge in [0.25, 0.3) is 5.56 Å². The summed E-state index contributed by atoms with van der Waals surface area (Å²) in [6.45, 7) is 5.46. The minimum absolute atomic E-state index is 0.0299. The summed E-state index contributed by atoms with van der Waals surface area (Å²) < 4.78 is 1.57. The van der Waals surface area contributed by atoms with Crippen molar-refractivity contribution < 1.29 is 4.79 Å². The number of carbonyl (C=O) groups excluding carboxylic acids is 1. The molecule has 1 N–H and O–H groups in total. The molecule has 0 radical (unpaired) electrons. The molecule has 30 heavy (non-hydrogen) atoms. The van der Waals surface area contributed by atoms with E-state index in [2.05, 4.69) is 20.1 Å². The van der Waals surface area contributed by atoms with E-state index in [1.54, 1.807) is 16.7 Å². The molecule has 2 aromatic heterocycles. The summed E-state index contributed by atoms with van der Waals surface area (Å²) in [7, 11) is 0. The Balaban J connectivity index is 1.19. The lowest BCUT2D eigenvalue weighted by atomic mass is 10.2. The van der Waals surface area contributed by atoms with Gasteiger partial charge in [-0.15, -0.1) is 11.3 Å². The molecule has 1 saturated heterocycles. The molecule has 0 atom stereocenters. The van der Waals surface area contributed by atoms with Crippen LogP contribution in [0, 0.1) is 0 Å². The quantitative estimate of drug-likeness (QED) is 0.604. The van der Waals surface area contributed by atoms with Gasteiger partial charge in [-0.1, -0.05) is 29.8 Å². The monoisotopic (exact) mass is 445 g/mol. The van der Waals surface area contributed by atoms with Crippen molar-refractivity contribution in [3.63, 3.8) is 0 Å². The molecule has 3 heterocycles. The fourth-order valence-corrected chi connectivity index (χ4v) is 4.49. The number of nitrogens with zero attached hydrogens (tertiary/aromatic N) is 4. The molecule has 158 valence electrons. The van der Waals surface area contributed by atoms with Crippen LogP contribution < -0.4 is 10.9 Å². The van der Waals surface area contributed by atoms with Crippen molar-refractivity contribution in [3.8, 4) is 0 Å². The van der Waals surface area contributed by atoms with E-state index in [0.717, 1.165) is 48.9 Å². The molecule has 0 saturated carbocycles. The third kappa shape index (κ3) is 5.26. The van der Waals surface area contributed by atoms with Gasteiger partial charge < -0.3 is 10.2 Å². The van der Waals surface area contributed by atoms with Gasteiger partial charge in [-0.25, -0.2) is 4.98 Å². The molecule has 4 rings (SSSR count). The Hall–Kier alpha value is -2.26. The third-order valence-electron chi connectivity index (χ3n) is 5.30. The first kappa shape index (κ1) is 21.0. The largest absolute Gasteiger partial charge is 0.352 e. The summed E-state index contributed by atoms with van der Waals surface area (Å²) >= 11 is 7.59. The Morgan fingerprint density at radius 2 is 1.93 bits per heavy atom. The topological polar surface area (TPSA) is 70.0 Å². The van der Waals surface area contributed by atoms with E-state index in [0.29, 0.717) is 24.5 Å². The van der Waals surface area contributed by atoms with E-state index in [9.17, 15) is 9.59 Å². The van der Waals surface area contributed by atoms with Crippen LogP contribution in [0.15, 0.2) is 46.7 Å². The highest BCUT2D eigenvalue weighted by atomic mass is 35.5. The summed E-state index contributed by atoms with van der Waals surface area (Å²) in [4.78, 5) is 34.2. The van der Waals surface area contributed by atoms with Crippen LogP contribution in [0.5, 0.6) is 0 Å². The van der Waals surface area contributed by atoms with Gasteiger partial charge in [0.15, 0.2) is 4.96 Å². The van der Waals surface area contributed by atoms with Gasteiger partial charge in [0.05, 0.1) is 5.69 Å². The van der Waals surface area contributed by atoms with Crippen LogP contribution in [0.2, 0.25) is 5.02 Å². The average molecular weight is 446 g/mol. The number of hydrogen-bond acceptors (Lipinski definition) is 6. The number of hydrogen-bond donors (Lipinski definition) is 1. The molecule has 1 amide bonds. The van der Waals surface area contributed by atoms with Gasteiger partial charge in [-0.05, 0) is 11.6 Å². The van der Waals surface area contributed by atoms with E-state index in [1.165, 1.54) is 11.3 Å². The molecule has 1 aliphatic rings. The Morgan fingerprint density at radius 1 is 1.17 bits per heavy atom. The normalized spacial score (nSPS) is 15.5. The number of piperazine rings is 1. The van der Waals surface area contributed by atoms with Crippen LogP contribution in [-0.2, 0) is 17.9 Å². The number of rotatable bonds is 7. The molecular formula is C21H24ClN5O2S. The Morgan fingerprint density at radius 3 is 2.73 bits per heavy atom. The molecule has 7 nitrogen and oxygen atoms in total. The van der Waals surface area contributed by atoms with Crippen molar-refractivity contribution in [2.45, 2.75) is 19.5 Å². The van der Waals surface area contributed by atoms with Crippen molar-refractivity contribution in [2.75, 3.05) is 32.7 Å². The molecule has 1 aliphatic heterocycles.